The van der Waals surface area contributed by atoms with Crippen LogP contribution in [0.4, 0.5) is 56.6 Å². The van der Waals surface area contributed by atoms with Crippen molar-refractivity contribution in [2.24, 2.45) is 0 Å². The fourth-order valence-corrected chi connectivity index (χ4v) is 12.6. The van der Waals surface area contributed by atoms with Crippen LogP contribution in [0, 0.1) is 0 Å². The highest BCUT2D eigenvalue weighted by Gasteiger charge is 2.48. The van der Waals surface area contributed by atoms with E-state index in [1.54, 1.807) is 12.1 Å². The highest BCUT2D eigenvalue weighted by Crippen LogP contribution is 2.45. The normalized spacial score (nSPS) is 21.3. The van der Waals surface area contributed by atoms with Crippen LogP contribution in [0.3, 0.4) is 0 Å². The Morgan fingerprint density at radius 2 is 0.944 bits per heavy atom. The molecule has 0 aromatic heterocycles. The Bertz CT molecular complexity index is 3710. The largest absolute Gasteiger partial charge is 0.416 e. The molecule has 5 unspecified atom stereocenters. The van der Waals surface area contributed by atoms with Crippen LogP contribution in [-0.2, 0) is 62.6 Å². The van der Waals surface area contributed by atoms with Gasteiger partial charge in [0.25, 0.3) is 5.91 Å². The van der Waals surface area contributed by atoms with Crippen LogP contribution in [-0.4, -0.2) is 35.7 Å². The molecule has 0 bridgehead atoms. The number of hydrogen-bond donors (Lipinski definition) is 4. The number of alkyl halides is 10. The van der Waals surface area contributed by atoms with E-state index in [2.05, 4.69) is 51.6 Å². The fourth-order valence-electron chi connectivity index (χ4n) is 12.3. The second-order valence-electron chi connectivity index (χ2n) is 22.7. The number of rotatable bonds is 6. The monoisotopic (exact) mass is 1240 g/mol. The van der Waals surface area contributed by atoms with Crippen molar-refractivity contribution >= 4 is 46.4 Å². The van der Waals surface area contributed by atoms with Crippen LogP contribution in [0.5, 0.6) is 0 Å². The molecule has 8 aromatic carbocycles. The minimum absolute atomic E-state index is 0.0380. The summed E-state index contributed by atoms with van der Waals surface area (Å²) in [6.07, 6.45) is -5.52. The van der Waals surface area contributed by atoms with Crippen molar-refractivity contribution in [2.45, 2.75) is 111 Å². The summed E-state index contributed by atoms with van der Waals surface area (Å²) in [5.74, 6) is -1.12. The van der Waals surface area contributed by atoms with Gasteiger partial charge >= 0.3 is 18.5 Å². The van der Waals surface area contributed by atoms with E-state index in [4.69, 9.17) is 11.6 Å². The number of hydrogen-bond acceptors (Lipinski definition) is 5. The number of benzene rings is 8. The number of likely N-dealkylation sites (tertiary alicyclic amines) is 1. The summed E-state index contributed by atoms with van der Waals surface area (Å²) < 4.78 is 115. The third kappa shape index (κ3) is 14.9. The van der Waals surface area contributed by atoms with Gasteiger partial charge in [0.15, 0.2) is 0 Å². The molecule has 5 aliphatic heterocycles. The average molecular weight is 1240 g/mol. The molecular formula is C71H65ClF9N5O3. The lowest BCUT2D eigenvalue weighted by Crippen LogP contribution is -2.53. The first-order valence-electron chi connectivity index (χ1n) is 29.6. The van der Waals surface area contributed by atoms with Crippen molar-refractivity contribution in [3.63, 3.8) is 0 Å². The Hall–Kier alpha value is -8.41. The number of amides is 3. The third-order valence-electron chi connectivity index (χ3n) is 17.1. The molecule has 0 radical (unpaired) electrons. The third-order valence-corrected chi connectivity index (χ3v) is 17.7. The van der Waals surface area contributed by atoms with Gasteiger partial charge in [-0.25, -0.2) is 0 Å². The molecule has 89 heavy (non-hydrogen) atoms. The summed E-state index contributed by atoms with van der Waals surface area (Å²) in [5, 5.41) is 12.6. The molecule has 2 fully saturated rings. The van der Waals surface area contributed by atoms with E-state index in [0.717, 1.165) is 82.9 Å². The second-order valence-corrected chi connectivity index (χ2v) is 23.4. The Balaban J connectivity index is 0.000000138. The quantitative estimate of drug-likeness (QED) is 0.0981. The van der Waals surface area contributed by atoms with Crippen LogP contribution in [0.1, 0.15) is 124 Å². The Labute approximate surface area is 515 Å². The van der Waals surface area contributed by atoms with Crippen molar-refractivity contribution < 1.29 is 53.9 Å². The van der Waals surface area contributed by atoms with E-state index in [1.165, 1.54) is 61.3 Å². The van der Waals surface area contributed by atoms with Gasteiger partial charge < -0.3 is 26.2 Å². The summed E-state index contributed by atoms with van der Waals surface area (Å²) >= 11 is 6.52. The van der Waals surface area contributed by atoms with Crippen LogP contribution >= 0.6 is 11.6 Å². The lowest BCUT2D eigenvalue weighted by Gasteiger charge is -2.43. The predicted octanol–water partition coefficient (Wildman–Crippen LogP) is 17.5. The van der Waals surface area contributed by atoms with E-state index in [-0.39, 0.29) is 17.9 Å². The van der Waals surface area contributed by atoms with Crippen LogP contribution < -0.4 is 21.3 Å². The molecule has 5 atom stereocenters. The van der Waals surface area contributed by atoms with E-state index >= 15 is 0 Å². The van der Waals surface area contributed by atoms with Crippen molar-refractivity contribution in [1.82, 2.24) is 10.2 Å². The fraction of sp³-hybridized carbons (Fsp3) is 0.282. The van der Waals surface area contributed by atoms with Gasteiger partial charge in [0.05, 0.1) is 28.7 Å². The van der Waals surface area contributed by atoms with Crippen LogP contribution in [0.15, 0.2) is 206 Å². The minimum atomic E-state index is -4.42. The van der Waals surface area contributed by atoms with Crippen molar-refractivity contribution in [1.29, 1.82) is 0 Å². The summed E-state index contributed by atoms with van der Waals surface area (Å²) in [7, 11) is 0. The Kier molecular flexibility index (Phi) is 19.4. The molecular weight excluding hydrogens is 1180 g/mol. The predicted molar refractivity (Wildman–Crippen MR) is 328 cm³/mol. The van der Waals surface area contributed by atoms with Crippen molar-refractivity contribution in [2.75, 3.05) is 29.0 Å². The molecule has 2 saturated heterocycles. The molecule has 3 amide bonds. The lowest BCUT2D eigenvalue weighted by molar-refractivity contribution is -0.138. The zero-order valence-corrected chi connectivity index (χ0v) is 49.1. The number of aryl methyl sites for hydroxylation is 3. The summed E-state index contributed by atoms with van der Waals surface area (Å²) in [4.78, 5) is 39.6. The molecule has 0 aliphatic carbocycles. The van der Waals surface area contributed by atoms with Crippen molar-refractivity contribution in [3.8, 4) is 0 Å². The number of para-hydroxylation sites is 3. The molecule has 8 nitrogen and oxygen atoms in total. The van der Waals surface area contributed by atoms with Gasteiger partial charge in [0.2, 0.25) is 11.8 Å². The molecule has 8 aromatic rings. The van der Waals surface area contributed by atoms with E-state index < -0.39 is 57.5 Å². The average Bonchev–Trinajstić information content (AvgIpc) is 1.62. The first kappa shape index (κ1) is 63.6. The number of fused-ring (bicyclic) bond motifs is 3. The SMILES string of the molecule is O=C(N1CCCC1c1ccccc1)C1(c2ccc(C(F)(F)F)cc2)CCc2ccccc2N1.O=C1Nc2ccccc2CCC1(Cl)c1ccc(C(F)(F)F)cc1.O=C1Nc2ccccc2CCC1c1ccc(C(F)(F)F)cc1.c1ccc(C2CCCN2)cc1. The topological polar surface area (TPSA) is 103 Å². The zero-order chi connectivity index (χ0) is 63.0. The van der Waals surface area contributed by atoms with Gasteiger partial charge in [-0.3, -0.25) is 14.4 Å². The Morgan fingerprint density at radius 1 is 0.472 bits per heavy atom. The summed E-state index contributed by atoms with van der Waals surface area (Å²) in [6, 6.07) is 58.2. The second kappa shape index (κ2) is 27.1. The van der Waals surface area contributed by atoms with Gasteiger partial charge in [-0.15, -0.1) is 11.6 Å². The number of carbonyl (C=O) groups is 3. The number of nitrogens with zero attached hydrogens (tertiary/aromatic N) is 1. The van der Waals surface area contributed by atoms with E-state index in [1.807, 2.05) is 95.9 Å². The number of anilines is 3. The van der Waals surface area contributed by atoms with Gasteiger partial charge in [-0.05, 0) is 170 Å². The highest BCUT2D eigenvalue weighted by atomic mass is 35.5. The molecule has 13 rings (SSSR count). The summed E-state index contributed by atoms with van der Waals surface area (Å²) in [5.41, 5.74) is 6.18. The summed E-state index contributed by atoms with van der Waals surface area (Å²) in [6.45, 7) is 1.81. The molecule has 18 heteroatoms. The molecule has 0 saturated carbocycles. The number of halogens is 10. The molecule has 462 valence electrons. The van der Waals surface area contributed by atoms with Crippen molar-refractivity contribution in [3.05, 3.63) is 267 Å². The highest BCUT2D eigenvalue weighted by molar-refractivity contribution is 6.36. The van der Waals surface area contributed by atoms with Gasteiger partial charge in [-0.1, -0.05) is 152 Å². The first-order valence-corrected chi connectivity index (χ1v) is 30.0. The van der Waals surface area contributed by atoms with Gasteiger partial charge in [-0.2, -0.15) is 39.5 Å². The van der Waals surface area contributed by atoms with Crippen LogP contribution in [0.2, 0.25) is 0 Å². The van der Waals surface area contributed by atoms with Gasteiger partial charge in [0, 0.05) is 29.6 Å². The smallest absolute Gasteiger partial charge is 0.367 e. The first-order chi connectivity index (χ1) is 42.6. The Morgan fingerprint density at radius 3 is 1.49 bits per heavy atom. The number of carbonyl (C=O) groups excluding carboxylic acids is 3. The van der Waals surface area contributed by atoms with E-state index in [9.17, 15) is 53.9 Å². The minimum Gasteiger partial charge on any atom is -0.367 e. The van der Waals surface area contributed by atoms with E-state index in [0.29, 0.717) is 73.5 Å². The number of nitrogens with one attached hydrogen (secondary N) is 4. The molecule has 5 heterocycles. The zero-order valence-electron chi connectivity index (χ0n) is 48.3. The van der Waals surface area contributed by atoms with Crippen LogP contribution in [0.25, 0.3) is 0 Å². The molecule has 4 N–H and O–H groups in total. The maximum Gasteiger partial charge on any atom is 0.416 e. The maximum absolute atomic E-state index is 14.2. The standard InChI is InChI=1S/C27H25F3N2O.C17H13ClF3NO.C17H14F3NO.C10H13N/c28-27(29,30)22-14-12-21(13-15-22)26(17-16-19-7-4-5-10-23(19)31-26)25(33)32-18-6-11-24(32)20-8-2-1-3-9-20;18-16(12-5-7-13(8-6-12)17(19,20)21)10-9-11-3-1-2-4-14(11)22-15(16)23;18-17(19,20)13-8-5-11(6-9-13)14-10-7-12-3-1-2-4-15(12)21-16(14)22;1-2-5-9(6-3-1)10-7-4-8-11-10/h1-5,7-10,12-15,24,31H,6,11,16-18H2;1-8H,9-10H2,(H,22,23);1-6,8-9,14H,7,10H2,(H,21,22);1-3,5-6,10-11H,4,7-8H2. The molecule has 0 spiro atoms. The van der Waals surface area contributed by atoms with Gasteiger partial charge in [0.1, 0.15) is 10.4 Å². The molecule has 5 aliphatic rings. The lowest BCUT2D eigenvalue weighted by atomic mass is 9.78. The maximum atomic E-state index is 14.2.